The highest BCUT2D eigenvalue weighted by atomic mass is 35.5. The van der Waals surface area contributed by atoms with Crippen molar-refractivity contribution in [2.24, 2.45) is 5.92 Å². The molecule has 1 aromatic carbocycles. The van der Waals surface area contributed by atoms with Gasteiger partial charge in [-0.05, 0) is 44.2 Å². The number of halogens is 3. The summed E-state index contributed by atoms with van der Waals surface area (Å²) in [4.78, 5) is 14.0. The molecule has 0 unspecified atom stereocenters. The van der Waals surface area contributed by atoms with Crippen LogP contribution >= 0.6 is 12.4 Å². The van der Waals surface area contributed by atoms with Crippen molar-refractivity contribution in [1.82, 2.24) is 10.2 Å². The van der Waals surface area contributed by atoms with Crippen molar-refractivity contribution >= 4 is 18.3 Å². The van der Waals surface area contributed by atoms with Crippen LogP contribution in [0, 0.1) is 17.6 Å². The van der Waals surface area contributed by atoms with Gasteiger partial charge in [-0.1, -0.05) is 12.1 Å². The summed E-state index contributed by atoms with van der Waals surface area (Å²) in [5.41, 5.74) is 0.138. The fourth-order valence-electron chi connectivity index (χ4n) is 2.95. The molecule has 1 aliphatic carbocycles. The second-order valence-electron chi connectivity index (χ2n) is 6.40. The number of amides is 1. The molecule has 0 atom stereocenters. The lowest BCUT2D eigenvalue weighted by Gasteiger charge is -2.32. The minimum Gasteiger partial charge on any atom is -0.342 e. The molecule has 128 valence electrons. The van der Waals surface area contributed by atoms with Crippen LogP contribution in [0.5, 0.6) is 0 Å². The number of nitrogens with zero attached hydrogens (tertiary/aromatic N) is 1. The van der Waals surface area contributed by atoms with E-state index in [1.807, 2.05) is 0 Å². The average Bonchev–Trinajstić information content (AvgIpc) is 3.34. The van der Waals surface area contributed by atoms with Crippen LogP contribution in [-0.4, -0.2) is 36.5 Å². The fourth-order valence-corrected chi connectivity index (χ4v) is 2.95. The van der Waals surface area contributed by atoms with Gasteiger partial charge in [0.25, 0.3) is 0 Å². The Morgan fingerprint density at radius 1 is 1.17 bits per heavy atom. The lowest BCUT2D eigenvalue weighted by molar-refractivity contribution is -0.131. The van der Waals surface area contributed by atoms with E-state index in [9.17, 15) is 13.6 Å². The summed E-state index contributed by atoms with van der Waals surface area (Å²) in [5, 5.41) is 3.56. The van der Waals surface area contributed by atoms with Crippen molar-refractivity contribution in [3.05, 3.63) is 35.4 Å². The number of piperidine rings is 1. The largest absolute Gasteiger partial charge is 0.342 e. The molecular formula is C17H23ClF2N2O. The Labute approximate surface area is 141 Å². The first-order chi connectivity index (χ1) is 10.6. The number of carbonyl (C=O) groups excluding carboxylic acids is 1. The molecule has 2 aliphatic rings. The summed E-state index contributed by atoms with van der Waals surface area (Å²) in [7, 11) is 0. The van der Waals surface area contributed by atoms with E-state index in [1.54, 1.807) is 4.90 Å². The zero-order valence-corrected chi connectivity index (χ0v) is 13.9. The number of nitrogens with one attached hydrogen (secondary N) is 1. The first-order valence-corrected chi connectivity index (χ1v) is 8.07. The third kappa shape index (κ3) is 4.88. The molecule has 1 saturated carbocycles. The van der Waals surface area contributed by atoms with Crippen molar-refractivity contribution in [2.75, 3.05) is 19.6 Å². The molecule has 1 saturated heterocycles. The van der Waals surface area contributed by atoms with Gasteiger partial charge in [-0.25, -0.2) is 8.78 Å². The monoisotopic (exact) mass is 344 g/mol. The Balaban J connectivity index is 0.00000192. The third-order valence-electron chi connectivity index (χ3n) is 4.61. The van der Waals surface area contributed by atoms with E-state index in [0.29, 0.717) is 19.1 Å². The third-order valence-corrected chi connectivity index (χ3v) is 4.61. The molecule has 1 N–H and O–H groups in total. The molecule has 0 aromatic heterocycles. The van der Waals surface area contributed by atoms with Gasteiger partial charge in [0.15, 0.2) is 11.6 Å². The van der Waals surface area contributed by atoms with Gasteiger partial charge >= 0.3 is 0 Å². The number of rotatable bonds is 5. The lowest BCUT2D eigenvalue weighted by Crippen LogP contribution is -2.45. The Morgan fingerprint density at radius 3 is 2.52 bits per heavy atom. The van der Waals surface area contributed by atoms with Crippen LogP contribution in [0.3, 0.4) is 0 Å². The van der Waals surface area contributed by atoms with Crippen LogP contribution in [0.2, 0.25) is 0 Å². The Kier molecular flexibility index (Phi) is 6.36. The zero-order valence-electron chi connectivity index (χ0n) is 13.1. The van der Waals surface area contributed by atoms with Crippen molar-refractivity contribution in [2.45, 2.75) is 38.1 Å². The number of carbonyl (C=O) groups is 1. The lowest BCUT2D eigenvalue weighted by atomic mass is 10.0. The van der Waals surface area contributed by atoms with Gasteiger partial charge in [-0.15, -0.1) is 12.4 Å². The van der Waals surface area contributed by atoms with Gasteiger partial charge in [0, 0.05) is 24.7 Å². The number of benzene rings is 1. The van der Waals surface area contributed by atoms with Gasteiger partial charge in [-0.2, -0.15) is 0 Å². The van der Waals surface area contributed by atoms with Gasteiger partial charge in [0.05, 0.1) is 6.42 Å². The SMILES string of the molecule is Cl.O=C(Cc1cccc(F)c1F)N1CCC(NCC2CC2)CC1. The first kappa shape index (κ1) is 18.1. The zero-order chi connectivity index (χ0) is 15.5. The summed E-state index contributed by atoms with van der Waals surface area (Å²) < 4.78 is 26.8. The van der Waals surface area contributed by atoms with E-state index in [0.717, 1.165) is 31.4 Å². The highest BCUT2D eigenvalue weighted by Gasteiger charge is 2.26. The number of hydrogen-bond acceptors (Lipinski definition) is 2. The molecule has 1 amide bonds. The quantitative estimate of drug-likeness (QED) is 0.890. The normalized spacial score (nSPS) is 18.6. The molecule has 0 radical (unpaired) electrons. The predicted molar refractivity (Wildman–Crippen MR) is 87.6 cm³/mol. The number of likely N-dealkylation sites (tertiary alicyclic amines) is 1. The molecule has 3 rings (SSSR count). The second-order valence-corrected chi connectivity index (χ2v) is 6.40. The first-order valence-electron chi connectivity index (χ1n) is 8.07. The topological polar surface area (TPSA) is 32.3 Å². The molecule has 23 heavy (non-hydrogen) atoms. The molecule has 6 heteroatoms. The van der Waals surface area contributed by atoms with Crippen molar-refractivity contribution in [1.29, 1.82) is 0 Å². The van der Waals surface area contributed by atoms with E-state index in [-0.39, 0.29) is 30.3 Å². The maximum absolute atomic E-state index is 13.6. The Bertz CT molecular complexity index is 543. The molecule has 0 bridgehead atoms. The molecule has 0 spiro atoms. The van der Waals surface area contributed by atoms with E-state index in [1.165, 1.54) is 25.0 Å². The van der Waals surface area contributed by atoms with Crippen LogP contribution in [-0.2, 0) is 11.2 Å². The van der Waals surface area contributed by atoms with E-state index < -0.39 is 11.6 Å². The smallest absolute Gasteiger partial charge is 0.227 e. The maximum atomic E-state index is 13.6. The van der Waals surface area contributed by atoms with E-state index in [2.05, 4.69) is 5.32 Å². The Hall–Kier alpha value is -1.20. The second kappa shape index (κ2) is 8.06. The van der Waals surface area contributed by atoms with Gasteiger partial charge in [-0.3, -0.25) is 4.79 Å². The predicted octanol–water partition coefficient (Wildman–Crippen LogP) is 2.92. The van der Waals surface area contributed by atoms with Crippen molar-refractivity contribution in [3.63, 3.8) is 0 Å². The van der Waals surface area contributed by atoms with Crippen LogP contribution in [0.15, 0.2) is 18.2 Å². The molecule has 3 nitrogen and oxygen atoms in total. The van der Waals surface area contributed by atoms with Crippen molar-refractivity contribution in [3.8, 4) is 0 Å². The van der Waals surface area contributed by atoms with E-state index in [4.69, 9.17) is 0 Å². The van der Waals surface area contributed by atoms with Crippen molar-refractivity contribution < 1.29 is 13.6 Å². The average molecular weight is 345 g/mol. The summed E-state index contributed by atoms with van der Waals surface area (Å²) >= 11 is 0. The van der Waals surface area contributed by atoms with Crippen LogP contribution in [0.1, 0.15) is 31.2 Å². The minimum absolute atomic E-state index is 0. The van der Waals surface area contributed by atoms with Crippen LogP contribution < -0.4 is 5.32 Å². The summed E-state index contributed by atoms with van der Waals surface area (Å²) in [6.07, 6.45) is 4.48. The maximum Gasteiger partial charge on any atom is 0.227 e. The molecule has 2 fully saturated rings. The standard InChI is InChI=1S/C17H22F2N2O.ClH/c18-15-3-1-2-13(17(15)19)10-16(22)21-8-6-14(7-9-21)20-11-12-4-5-12;/h1-3,12,14,20H,4-11H2;1H. The molecule has 1 aliphatic heterocycles. The van der Waals surface area contributed by atoms with E-state index >= 15 is 0 Å². The van der Waals surface area contributed by atoms with Gasteiger partial charge < -0.3 is 10.2 Å². The summed E-state index contributed by atoms with van der Waals surface area (Å²) in [5.74, 6) is -1.06. The highest BCUT2D eigenvalue weighted by molar-refractivity contribution is 5.85. The van der Waals surface area contributed by atoms with Gasteiger partial charge in [0.1, 0.15) is 0 Å². The number of hydrogen-bond donors (Lipinski definition) is 1. The molecule has 1 heterocycles. The summed E-state index contributed by atoms with van der Waals surface area (Å²) in [6.45, 7) is 2.48. The van der Waals surface area contributed by atoms with Gasteiger partial charge in [0.2, 0.25) is 5.91 Å². The fraction of sp³-hybridized carbons (Fsp3) is 0.588. The van der Waals surface area contributed by atoms with Crippen LogP contribution in [0.25, 0.3) is 0 Å². The Morgan fingerprint density at radius 2 is 1.87 bits per heavy atom. The minimum atomic E-state index is -0.906. The molecular weight excluding hydrogens is 322 g/mol. The summed E-state index contributed by atoms with van der Waals surface area (Å²) in [6, 6.07) is 4.46. The van der Waals surface area contributed by atoms with Crippen LogP contribution in [0.4, 0.5) is 8.78 Å². The highest BCUT2D eigenvalue weighted by Crippen LogP contribution is 2.28. The molecule has 1 aromatic rings.